The van der Waals surface area contributed by atoms with E-state index in [-0.39, 0.29) is 17.3 Å². The van der Waals surface area contributed by atoms with E-state index in [0.717, 1.165) is 32.3 Å². The van der Waals surface area contributed by atoms with E-state index in [1.165, 1.54) is 7.11 Å². The summed E-state index contributed by atoms with van der Waals surface area (Å²) in [6.07, 6.45) is 2.03. The molecule has 1 aliphatic rings. The van der Waals surface area contributed by atoms with Crippen LogP contribution in [0.15, 0.2) is 112 Å². The van der Waals surface area contributed by atoms with Gasteiger partial charge < -0.3 is 4.74 Å². The maximum atomic E-state index is 13.9. The number of hydrazine groups is 1. The fraction of sp³-hybridized carbons (Fsp3) is 0.156. The average Bonchev–Trinajstić information content (AvgIpc) is 2.97. The summed E-state index contributed by atoms with van der Waals surface area (Å²) in [6, 6.07) is 31.4. The van der Waals surface area contributed by atoms with Gasteiger partial charge in [-0.05, 0) is 59.5 Å². The van der Waals surface area contributed by atoms with E-state index in [1.54, 1.807) is 29.3 Å². The van der Waals surface area contributed by atoms with Crippen LogP contribution in [-0.4, -0.2) is 26.5 Å². The van der Waals surface area contributed by atoms with E-state index in [2.05, 4.69) is 20.8 Å². The molecular weight excluding hydrogens is 588 g/mol. The SMILES string of the molecule is COC(=O)CC(c1ccc(Br)cc1)C1c2ccccc2C=C(c2ccccc2)N1NS(=O)(=O)c1ccc(C)cc1. The number of benzene rings is 4. The van der Waals surface area contributed by atoms with Crippen LogP contribution >= 0.6 is 15.9 Å². The van der Waals surface area contributed by atoms with Gasteiger partial charge in [0.05, 0.1) is 30.2 Å². The lowest BCUT2D eigenvalue weighted by atomic mass is 9.80. The van der Waals surface area contributed by atoms with E-state index in [0.29, 0.717) is 5.70 Å². The van der Waals surface area contributed by atoms with Gasteiger partial charge in [0.2, 0.25) is 0 Å². The van der Waals surface area contributed by atoms with Crippen LogP contribution < -0.4 is 4.83 Å². The summed E-state index contributed by atoms with van der Waals surface area (Å²) in [6.45, 7) is 1.91. The van der Waals surface area contributed by atoms with Crippen LogP contribution in [0.4, 0.5) is 0 Å². The minimum absolute atomic E-state index is 0.0436. The van der Waals surface area contributed by atoms with Crippen molar-refractivity contribution < 1.29 is 17.9 Å². The summed E-state index contributed by atoms with van der Waals surface area (Å²) in [5, 5.41) is 1.70. The van der Waals surface area contributed by atoms with E-state index >= 15 is 0 Å². The molecule has 6 nitrogen and oxygen atoms in total. The van der Waals surface area contributed by atoms with Crippen LogP contribution in [0.25, 0.3) is 11.8 Å². The number of ether oxygens (including phenoxy) is 1. The zero-order chi connectivity index (χ0) is 28.3. The minimum Gasteiger partial charge on any atom is -0.469 e. The molecule has 0 amide bonds. The first-order valence-corrected chi connectivity index (χ1v) is 15.1. The highest BCUT2D eigenvalue weighted by atomic mass is 79.9. The number of aryl methyl sites for hydroxylation is 1. The molecule has 1 aliphatic heterocycles. The van der Waals surface area contributed by atoms with Gasteiger partial charge in [0.1, 0.15) is 0 Å². The smallest absolute Gasteiger partial charge is 0.306 e. The maximum absolute atomic E-state index is 13.9. The van der Waals surface area contributed by atoms with Gasteiger partial charge in [-0.25, -0.2) is 8.42 Å². The topological polar surface area (TPSA) is 75.7 Å². The van der Waals surface area contributed by atoms with Crippen molar-refractivity contribution in [1.82, 2.24) is 9.84 Å². The highest BCUT2D eigenvalue weighted by Crippen LogP contribution is 2.46. The second-order valence-electron chi connectivity index (χ2n) is 9.69. The van der Waals surface area contributed by atoms with Crippen molar-refractivity contribution >= 4 is 43.7 Å². The van der Waals surface area contributed by atoms with Gasteiger partial charge in [0.15, 0.2) is 0 Å². The molecule has 5 rings (SSSR count). The highest BCUT2D eigenvalue weighted by Gasteiger charge is 2.39. The van der Waals surface area contributed by atoms with Crippen LogP contribution in [0.3, 0.4) is 0 Å². The molecule has 4 aromatic rings. The number of esters is 1. The Kier molecular flexibility index (Phi) is 8.21. The van der Waals surface area contributed by atoms with Crippen molar-refractivity contribution in [1.29, 1.82) is 0 Å². The molecule has 8 heteroatoms. The molecular formula is C32H29BrN2O4S. The molecule has 0 aromatic heterocycles. The van der Waals surface area contributed by atoms with Gasteiger partial charge in [-0.2, -0.15) is 0 Å². The standard InChI is InChI=1S/C32H29BrN2O4S/c1-22-12-18-27(19-13-22)40(37,38)34-35-30(24-8-4-3-5-9-24)20-25-10-6-7-11-28(25)32(35)29(21-31(36)39-2)23-14-16-26(33)17-15-23/h3-20,29,32,34H,21H2,1-2H3. The fourth-order valence-corrected chi connectivity index (χ4v) is 6.37. The van der Waals surface area contributed by atoms with E-state index in [9.17, 15) is 13.2 Å². The molecule has 204 valence electrons. The third kappa shape index (κ3) is 5.89. The summed E-state index contributed by atoms with van der Waals surface area (Å²) >= 11 is 3.50. The molecule has 0 fully saturated rings. The second-order valence-corrected chi connectivity index (χ2v) is 12.3. The zero-order valence-electron chi connectivity index (χ0n) is 22.1. The number of sulfonamides is 1. The van der Waals surface area contributed by atoms with Gasteiger partial charge >= 0.3 is 5.97 Å². The number of carbonyl (C=O) groups is 1. The highest BCUT2D eigenvalue weighted by molar-refractivity contribution is 9.10. The Labute approximate surface area is 243 Å². The molecule has 1 N–H and O–H groups in total. The number of methoxy groups -OCH3 is 1. The Morgan fingerprint density at radius 1 is 0.925 bits per heavy atom. The number of carbonyl (C=O) groups excluding carboxylic acids is 1. The van der Waals surface area contributed by atoms with Crippen LogP contribution in [-0.2, 0) is 19.6 Å². The second kappa shape index (κ2) is 11.8. The van der Waals surface area contributed by atoms with Crippen molar-refractivity contribution in [2.75, 3.05) is 7.11 Å². The summed E-state index contributed by atoms with van der Waals surface area (Å²) < 4.78 is 33.7. The molecule has 4 aromatic carbocycles. The predicted octanol–water partition coefficient (Wildman–Crippen LogP) is 6.85. The van der Waals surface area contributed by atoms with Gasteiger partial charge in [-0.1, -0.05) is 100 Å². The molecule has 40 heavy (non-hydrogen) atoms. The quantitative estimate of drug-likeness (QED) is 0.219. The number of nitrogens with zero attached hydrogens (tertiary/aromatic N) is 1. The third-order valence-electron chi connectivity index (χ3n) is 7.06. The van der Waals surface area contributed by atoms with Crippen LogP contribution in [0.5, 0.6) is 0 Å². The zero-order valence-corrected chi connectivity index (χ0v) is 24.5. The molecule has 0 saturated heterocycles. The maximum Gasteiger partial charge on any atom is 0.306 e. The van der Waals surface area contributed by atoms with Gasteiger partial charge in [-0.3, -0.25) is 9.80 Å². The van der Waals surface area contributed by atoms with Crippen LogP contribution in [0, 0.1) is 6.92 Å². The van der Waals surface area contributed by atoms with Gasteiger partial charge in [0, 0.05) is 10.4 Å². The predicted molar refractivity (Wildman–Crippen MR) is 160 cm³/mol. The lowest BCUT2D eigenvalue weighted by molar-refractivity contribution is -0.141. The minimum atomic E-state index is -4.00. The third-order valence-corrected chi connectivity index (χ3v) is 8.92. The normalized spacial score (nSPS) is 15.6. The number of rotatable bonds is 8. The molecule has 2 unspecified atom stereocenters. The summed E-state index contributed by atoms with van der Waals surface area (Å²) in [7, 11) is -2.63. The number of hydrogen-bond donors (Lipinski definition) is 1. The van der Waals surface area contributed by atoms with Crippen molar-refractivity contribution in [3.05, 3.63) is 135 Å². The Balaban J connectivity index is 1.72. The van der Waals surface area contributed by atoms with Crippen molar-refractivity contribution in [2.24, 2.45) is 0 Å². The number of hydrogen-bond acceptors (Lipinski definition) is 5. The van der Waals surface area contributed by atoms with Gasteiger partial charge in [0.25, 0.3) is 10.0 Å². The van der Waals surface area contributed by atoms with Gasteiger partial charge in [-0.15, -0.1) is 4.83 Å². The Hall–Kier alpha value is -3.72. The Morgan fingerprint density at radius 2 is 1.57 bits per heavy atom. The largest absolute Gasteiger partial charge is 0.469 e. The van der Waals surface area contributed by atoms with Crippen LogP contribution in [0.1, 0.15) is 46.2 Å². The lowest BCUT2D eigenvalue weighted by Crippen LogP contribution is -2.46. The number of nitrogens with one attached hydrogen (secondary N) is 1. The van der Waals surface area contributed by atoms with E-state index in [1.807, 2.05) is 91.9 Å². The van der Waals surface area contributed by atoms with E-state index < -0.39 is 22.0 Å². The Morgan fingerprint density at radius 3 is 2.25 bits per heavy atom. The molecule has 0 spiro atoms. The molecule has 0 radical (unpaired) electrons. The first-order chi connectivity index (χ1) is 19.3. The number of halogens is 1. The monoisotopic (exact) mass is 616 g/mol. The summed E-state index contributed by atoms with van der Waals surface area (Å²) in [5.74, 6) is -0.836. The van der Waals surface area contributed by atoms with Crippen molar-refractivity contribution in [3.8, 4) is 0 Å². The molecule has 0 saturated carbocycles. The molecule has 2 atom stereocenters. The molecule has 0 bridgehead atoms. The van der Waals surface area contributed by atoms with Crippen LogP contribution in [0.2, 0.25) is 0 Å². The van der Waals surface area contributed by atoms with Crippen molar-refractivity contribution in [2.45, 2.75) is 30.2 Å². The Bertz CT molecular complexity index is 1640. The molecule has 0 aliphatic carbocycles. The average molecular weight is 618 g/mol. The van der Waals surface area contributed by atoms with Crippen molar-refractivity contribution in [3.63, 3.8) is 0 Å². The fourth-order valence-electron chi connectivity index (χ4n) is 5.04. The first kappa shape index (κ1) is 27.8. The lowest BCUT2D eigenvalue weighted by Gasteiger charge is -2.43. The summed E-state index contributed by atoms with van der Waals surface area (Å²) in [4.78, 5) is 15.9. The number of fused-ring (bicyclic) bond motifs is 1. The first-order valence-electron chi connectivity index (χ1n) is 12.8. The van der Waals surface area contributed by atoms with E-state index in [4.69, 9.17) is 4.74 Å². The summed E-state index contributed by atoms with van der Waals surface area (Å²) in [5.41, 5.74) is 5.19. The molecule has 1 heterocycles.